The van der Waals surface area contributed by atoms with E-state index >= 15 is 0 Å². The highest BCUT2D eigenvalue weighted by Gasteiger charge is 2.32. The maximum absolute atomic E-state index is 12.4. The number of nitro groups is 1. The third-order valence-electron chi connectivity index (χ3n) is 5.09. The molecule has 0 bridgehead atoms. The van der Waals surface area contributed by atoms with Crippen LogP contribution in [0.1, 0.15) is 31.7 Å². The SMILES string of the molecule is CCOC(=O)CCN(Cc1ccco1)c1ncnc(N(CC(=O)OCC)Cc2ccccn2)c1[N+](=O)[O-]. The van der Waals surface area contributed by atoms with Crippen LogP contribution in [-0.2, 0) is 32.2 Å². The maximum Gasteiger partial charge on any atom is 0.353 e. The molecule has 0 saturated carbocycles. The molecule has 37 heavy (non-hydrogen) atoms. The van der Waals surface area contributed by atoms with E-state index in [1.165, 1.54) is 17.5 Å². The number of anilines is 2. The minimum Gasteiger partial charge on any atom is -0.467 e. The van der Waals surface area contributed by atoms with Gasteiger partial charge in [-0.15, -0.1) is 0 Å². The van der Waals surface area contributed by atoms with Crippen LogP contribution < -0.4 is 9.80 Å². The Labute approximate surface area is 213 Å². The summed E-state index contributed by atoms with van der Waals surface area (Å²) in [6.07, 6.45) is 4.20. The van der Waals surface area contributed by atoms with Gasteiger partial charge in [0.2, 0.25) is 11.6 Å². The summed E-state index contributed by atoms with van der Waals surface area (Å²) in [7, 11) is 0. The second-order valence-electron chi connectivity index (χ2n) is 7.66. The predicted octanol–water partition coefficient (Wildman–Crippen LogP) is 2.90. The summed E-state index contributed by atoms with van der Waals surface area (Å²) in [6.45, 7) is 3.64. The number of furan rings is 1. The van der Waals surface area contributed by atoms with Crippen LogP contribution in [0.5, 0.6) is 0 Å². The van der Waals surface area contributed by atoms with Crippen LogP contribution >= 0.6 is 0 Å². The lowest BCUT2D eigenvalue weighted by Gasteiger charge is -2.26. The largest absolute Gasteiger partial charge is 0.467 e. The summed E-state index contributed by atoms with van der Waals surface area (Å²) in [5.74, 6) is -0.652. The summed E-state index contributed by atoms with van der Waals surface area (Å²) in [5, 5.41) is 12.4. The van der Waals surface area contributed by atoms with E-state index < -0.39 is 22.5 Å². The monoisotopic (exact) mass is 512 g/mol. The lowest BCUT2D eigenvalue weighted by Crippen LogP contribution is -2.33. The van der Waals surface area contributed by atoms with Crippen LogP contribution in [-0.4, -0.2) is 58.1 Å². The molecule has 196 valence electrons. The first-order valence-corrected chi connectivity index (χ1v) is 11.7. The second kappa shape index (κ2) is 13.5. The standard InChI is InChI=1S/C24H28N6O7/c1-3-35-20(31)10-12-28(15-19-9-7-13-37-19)23-22(30(33)34)24(27-17-26-23)29(16-21(32)36-4-2)14-18-8-5-6-11-25-18/h5-9,11,13,17H,3-4,10,12,14-16H2,1-2H3. The Morgan fingerprint density at radius 1 is 0.973 bits per heavy atom. The number of carbonyl (C=O) groups excluding carboxylic acids is 2. The van der Waals surface area contributed by atoms with Crippen molar-refractivity contribution >= 4 is 29.3 Å². The van der Waals surface area contributed by atoms with Crippen molar-refractivity contribution < 1.29 is 28.4 Å². The lowest BCUT2D eigenvalue weighted by atomic mass is 10.2. The number of nitrogens with zero attached hydrogens (tertiary/aromatic N) is 6. The van der Waals surface area contributed by atoms with E-state index in [0.29, 0.717) is 11.5 Å². The van der Waals surface area contributed by atoms with Crippen LogP contribution in [0.25, 0.3) is 0 Å². The van der Waals surface area contributed by atoms with Crippen molar-refractivity contribution in [3.05, 3.63) is 70.7 Å². The fraction of sp³-hybridized carbons (Fsp3) is 0.375. The second-order valence-corrected chi connectivity index (χ2v) is 7.66. The number of hydrogen-bond donors (Lipinski definition) is 0. The van der Waals surface area contributed by atoms with Crippen LogP contribution in [0.15, 0.2) is 53.5 Å². The van der Waals surface area contributed by atoms with Gasteiger partial charge in [-0.2, -0.15) is 0 Å². The molecule has 0 amide bonds. The first-order chi connectivity index (χ1) is 17.9. The van der Waals surface area contributed by atoms with Crippen LogP contribution in [0, 0.1) is 10.1 Å². The first kappa shape index (κ1) is 27.0. The van der Waals surface area contributed by atoms with E-state index in [1.807, 2.05) is 0 Å². The number of rotatable bonds is 14. The van der Waals surface area contributed by atoms with Crippen molar-refractivity contribution in [2.24, 2.45) is 0 Å². The molecule has 0 aliphatic carbocycles. The molecule has 3 rings (SSSR count). The number of pyridine rings is 1. The van der Waals surface area contributed by atoms with Crippen molar-refractivity contribution in [2.45, 2.75) is 33.4 Å². The molecule has 13 nitrogen and oxygen atoms in total. The van der Waals surface area contributed by atoms with Crippen molar-refractivity contribution in [3.8, 4) is 0 Å². The van der Waals surface area contributed by atoms with E-state index in [4.69, 9.17) is 13.9 Å². The van der Waals surface area contributed by atoms with Gasteiger partial charge in [-0.05, 0) is 38.1 Å². The molecule has 0 radical (unpaired) electrons. The van der Waals surface area contributed by atoms with Gasteiger partial charge in [0, 0.05) is 12.7 Å². The number of ether oxygens (including phenoxy) is 2. The van der Waals surface area contributed by atoms with Gasteiger partial charge in [-0.1, -0.05) is 6.07 Å². The summed E-state index contributed by atoms with van der Waals surface area (Å²) in [4.78, 5) is 51.8. The topological polar surface area (TPSA) is 154 Å². The van der Waals surface area contributed by atoms with E-state index in [1.54, 1.807) is 55.3 Å². The highest BCUT2D eigenvalue weighted by molar-refractivity contribution is 5.79. The average molecular weight is 513 g/mol. The van der Waals surface area contributed by atoms with E-state index in [-0.39, 0.29) is 57.4 Å². The quantitative estimate of drug-likeness (QED) is 0.177. The fourth-order valence-corrected chi connectivity index (χ4v) is 3.55. The first-order valence-electron chi connectivity index (χ1n) is 11.7. The molecule has 0 fully saturated rings. The minimum atomic E-state index is -0.610. The van der Waals surface area contributed by atoms with Crippen LogP contribution in [0.2, 0.25) is 0 Å². The zero-order chi connectivity index (χ0) is 26.6. The molecule has 0 atom stereocenters. The molecule has 3 aromatic rings. The van der Waals surface area contributed by atoms with Gasteiger partial charge in [0.15, 0.2) is 0 Å². The molecule has 3 aromatic heterocycles. The van der Waals surface area contributed by atoms with Crippen molar-refractivity contribution in [1.82, 2.24) is 15.0 Å². The Bertz CT molecular complexity index is 1170. The molecule has 0 spiro atoms. The third-order valence-corrected chi connectivity index (χ3v) is 5.09. The van der Waals surface area contributed by atoms with Crippen molar-refractivity contribution in [3.63, 3.8) is 0 Å². The van der Waals surface area contributed by atoms with E-state index in [0.717, 1.165) is 0 Å². The van der Waals surface area contributed by atoms with Gasteiger partial charge in [0.05, 0.1) is 49.6 Å². The van der Waals surface area contributed by atoms with Crippen molar-refractivity contribution in [1.29, 1.82) is 0 Å². The molecule has 0 unspecified atom stereocenters. The predicted molar refractivity (Wildman–Crippen MR) is 132 cm³/mol. The molecule has 0 aromatic carbocycles. The van der Waals surface area contributed by atoms with Crippen LogP contribution in [0.4, 0.5) is 17.3 Å². The minimum absolute atomic E-state index is 0.0362. The highest BCUT2D eigenvalue weighted by Crippen LogP contribution is 2.35. The molecule has 3 heterocycles. The fourth-order valence-electron chi connectivity index (χ4n) is 3.55. The van der Waals surface area contributed by atoms with E-state index in [2.05, 4.69) is 15.0 Å². The number of hydrogen-bond acceptors (Lipinski definition) is 12. The third kappa shape index (κ3) is 7.72. The molecule has 0 aliphatic rings. The van der Waals surface area contributed by atoms with Gasteiger partial charge in [-0.25, -0.2) is 9.97 Å². The average Bonchev–Trinajstić information content (AvgIpc) is 3.40. The molecule has 0 N–H and O–H groups in total. The molecule has 0 aliphatic heterocycles. The summed E-state index contributed by atoms with van der Waals surface area (Å²) < 4.78 is 15.5. The maximum atomic E-state index is 12.4. The Morgan fingerprint density at radius 3 is 2.32 bits per heavy atom. The number of carbonyl (C=O) groups is 2. The Kier molecular flexibility index (Phi) is 9.88. The highest BCUT2D eigenvalue weighted by atomic mass is 16.6. The van der Waals surface area contributed by atoms with Gasteiger partial charge in [0.25, 0.3) is 0 Å². The number of aromatic nitrogens is 3. The normalized spacial score (nSPS) is 10.5. The summed E-state index contributed by atoms with van der Waals surface area (Å²) in [6, 6.07) is 8.63. The zero-order valence-corrected chi connectivity index (χ0v) is 20.6. The Balaban J connectivity index is 2.04. The summed E-state index contributed by atoms with van der Waals surface area (Å²) in [5.41, 5.74) is 0.133. The van der Waals surface area contributed by atoms with Crippen molar-refractivity contribution in [2.75, 3.05) is 36.1 Å². The smallest absolute Gasteiger partial charge is 0.353 e. The molecular formula is C24H28N6O7. The zero-order valence-electron chi connectivity index (χ0n) is 20.6. The van der Waals surface area contributed by atoms with E-state index in [9.17, 15) is 19.7 Å². The Morgan fingerprint density at radius 2 is 1.70 bits per heavy atom. The van der Waals surface area contributed by atoms with Gasteiger partial charge in [0.1, 0.15) is 18.6 Å². The Hall–Kier alpha value is -4.55. The van der Waals surface area contributed by atoms with Crippen LogP contribution in [0.3, 0.4) is 0 Å². The van der Waals surface area contributed by atoms with Gasteiger partial charge >= 0.3 is 17.6 Å². The summed E-state index contributed by atoms with van der Waals surface area (Å²) >= 11 is 0. The van der Waals surface area contributed by atoms with Gasteiger partial charge < -0.3 is 23.7 Å². The lowest BCUT2D eigenvalue weighted by molar-refractivity contribution is -0.383. The molecule has 13 heteroatoms. The number of esters is 2. The molecular weight excluding hydrogens is 484 g/mol. The molecule has 0 saturated heterocycles. The van der Waals surface area contributed by atoms with Gasteiger partial charge in [-0.3, -0.25) is 24.7 Å².